The van der Waals surface area contributed by atoms with Gasteiger partial charge in [0, 0.05) is 29.8 Å². The van der Waals surface area contributed by atoms with E-state index in [0.717, 1.165) is 96.3 Å². The third kappa shape index (κ3) is 97.5. The van der Waals surface area contributed by atoms with Crippen molar-refractivity contribution in [2.45, 2.75) is 227 Å². The maximum Gasteiger partial charge on any atom is 3.00 e. The van der Waals surface area contributed by atoms with Gasteiger partial charge in [0.2, 0.25) is 0 Å². The molecule has 308 valence electrons. The molecule has 0 heterocycles. The molecule has 52 heavy (non-hydrogen) atoms. The topological polar surface area (TPSA) is 201 Å². The SMILES string of the molecule is CCCCCCCC(=O)[O-].CCCCCCCC(=O)[O-].CCCCCCCC(=O)[O-].CCCCCCCC(=O)[O-].CCCCCCCC(=O)[O-].[Al+3].[Ni+2]. The van der Waals surface area contributed by atoms with Crippen molar-refractivity contribution in [3.8, 4) is 0 Å². The molecule has 0 N–H and O–H groups in total. The third-order valence-corrected chi connectivity index (χ3v) is 7.42. The van der Waals surface area contributed by atoms with Crippen LogP contribution in [0.3, 0.4) is 0 Å². The Morgan fingerprint density at radius 1 is 0.269 bits per heavy atom. The van der Waals surface area contributed by atoms with Gasteiger partial charge in [0.25, 0.3) is 0 Å². The number of carboxylic acids is 5. The Bertz CT molecular complexity index is 600. The second-order valence-corrected chi connectivity index (χ2v) is 12.7. The summed E-state index contributed by atoms with van der Waals surface area (Å²) in [5, 5.41) is 49.6. The molecule has 0 aliphatic heterocycles. The van der Waals surface area contributed by atoms with E-state index in [-0.39, 0.29) is 66.0 Å². The first-order valence-corrected chi connectivity index (χ1v) is 19.8. The molecule has 0 saturated heterocycles. The molecule has 0 bridgehead atoms. The maximum atomic E-state index is 9.92. The van der Waals surface area contributed by atoms with Gasteiger partial charge in [-0.25, -0.2) is 0 Å². The van der Waals surface area contributed by atoms with E-state index in [9.17, 15) is 49.5 Å². The number of carbonyl (C=O) groups excluding carboxylic acids is 5. The van der Waals surface area contributed by atoms with Gasteiger partial charge in [0.05, 0.1) is 0 Å². The zero-order chi connectivity index (χ0) is 39.1. The zero-order valence-corrected chi connectivity index (χ0v) is 35.8. The van der Waals surface area contributed by atoms with E-state index in [4.69, 9.17) is 0 Å². The average Bonchev–Trinajstić information content (AvgIpc) is 3.05. The number of carbonyl (C=O) groups is 5. The van der Waals surface area contributed by atoms with Crippen LogP contribution in [-0.2, 0) is 40.5 Å². The summed E-state index contributed by atoms with van der Waals surface area (Å²) < 4.78 is 0. The molecule has 0 aromatic rings. The zero-order valence-electron chi connectivity index (χ0n) is 33.7. The molecule has 0 spiro atoms. The van der Waals surface area contributed by atoms with Crippen molar-refractivity contribution >= 4 is 47.2 Å². The van der Waals surface area contributed by atoms with Gasteiger partial charge in [-0.15, -0.1) is 0 Å². The summed E-state index contributed by atoms with van der Waals surface area (Å²) >= 11 is 0. The van der Waals surface area contributed by atoms with Crippen LogP contribution >= 0.6 is 0 Å². The first-order chi connectivity index (χ1) is 23.9. The Kier molecular flexibility index (Phi) is 77.1. The van der Waals surface area contributed by atoms with Crippen molar-refractivity contribution in [3.05, 3.63) is 0 Å². The van der Waals surface area contributed by atoms with Gasteiger partial charge in [0.15, 0.2) is 0 Å². The fourth-order valence-electron chi connectivity index (χ4n) is 4.36. The van der Waals surface area contributed by atoms with Gasteiger partial charge < -0.3 is 49.5 Å². The molecule has 0 atom stereocenters. The van der Waals surface area contributed by atoms with Gasteiger partial charge >= 0.3 is 33.9 Å². The van der Waals surface area contributed by atoms with E-state index in [0.29, 0.717) is 0 Å². The van der Waals surface area contributed by atoms with Crippen LogP contribution in [0, 0.1) is 0 Å². The number of hydrogen-bond donors (Lipinski definition) is 0. The van der Waals surface area contributed by atoms with Crippen LogP contribution in [0.25, 0.3) is 0 Å². The Labute approximate surface area is 339 Å². The number of aliphatic carboxylic acids is 5. The summed E-state index contributed by atoms with van der Waals surface area (Å²) in [5.41, 5.74) is 0. The van der Waals surface area contributed by atoms with E-state index in [1.54, 1.807) is 0 Å². The second kappa shape index (κ2) is 61.4. The maximum absolute atomic E-state index is 9.92. The summed E-state index contributed by atoms with van der Waals surface area (Å²) in [7, 11) is 0. The van der Waals surface area contributed by atoms with E-state index < -0.39 is 29.8 Å². The Hall–Kier alpha value is -1.62. The number of rotatable bonds is 30. The second-order valence-electron chi connectivity index (χ2n) is 12.7. The van der Waals surface area contributed by atoms with Gasteiger partial charge in [-0.1, -0.05) is 163 Å². The van der Waals surface area contributed by atoms with Crippen LogP contribution in [0.2, 0.25) is 0 Å². The summed E-state index contributed by atoms with van der Waals surface area (Å²) in [6, 6.07) is 0. The first kappa shape index (κ1) is 65.3. The fourth-order valence-corrected chi connectivity index (χ4v) is 4.36. The predicted molar refractivity (Wildman–Crippen MR) is 198 cm³/mol. The molecule has 12 heteroatoms. The van der Waals surface area contributed by atoms with E-state index in [1.165, 1.54) is 64.2 Å². The van der Waals surface area contributed by atoms with Gasteiger partial charge in [-0.3, -0.25) is 0 Å². The van der Waals surface area contributed by atoms with E-state index in [2.05, 4.69) is 34.6 Å². The smallest absolute Gasteiger partial charge is 0.550 e. The molecule has 0 amide bonds. The fraction of sp³-hybridized carbons (Fsp3) is 0.875. The molecule has 0 radical (unpaired) electrons. The van der Waals surface area contributed by atoms with Gasteiger partial charge in [-0.05, 0) is 64.2 Å². The molecule has 0 unspecified atom stereocenters. The third-order valence-electron chi connectivity index (χ3n) is 7.42. The molecule has 10 nitrogen and oxygen atoms in total. The van der Waals surface area contributed by atoms with Crippen molar-refractivity contribution in [2.75, 3.05) is 0 Å². The molecule has 0 aliphatic carbocycles. The van der Waals surface area contributed by atoms with E-state index >= 15 is 0 Å². The predicted octanol–water partition coefficient (Wildman–Crippen LogP) is 5.10. The van der Waals surface area contributed by atoms with Crippen molar-refractivity contribution in [2.24, 2.45) is 0 Å². The summed E-state index contributed by atoms with van der Waals surface area (Å²) in [6.45, 7) is 10.7. The number of carboxylic acid groups (broad SMARTS) is 5. The minimum atomic E-state index is -0.920. The molecule has 0 aromatic carbocycles. The van der Waals surface area contributed by atoms with Crippen molar-refractivity contribution in [1.82, 2.24) is 0 Å². The van der Waals surface area contributed by atoms with Crippen molar-refractivity contribution < 1.29 is 66.0 Å². The average molecular weight is 802 g/mol. The number of unbranched alkanes of at least 4 members (excludes halogenated alkanes) is 20. The first-order valence-electron chi connectivity index (χ1n) is 19.8. The van der Waals surface area contributed by atoms with Crippen LogP contribution in [-0.4, -0.2) is 47.2 Å². The van der Waals surface area contributed by atoms with Crippen LogP contribution in [0.5, 0.6) is 0 Å². The molecule has 0 fully saturated rings. The van der Waals surface area contributed by atoms with Crippen LogP contribution in [0.15, 0.2) is 0 Å². The quantitative estimate of drug-likeness (QED) is 0.0695. The van der Waals surface area contributed by atoms with Crippen LogP contribution in [0.4, 0.5) is 0 Å². The summed E-state index contributed by atoms with van der Waals surface area (Å²) in [4.78, 5) is 49.6. The standard InChI is InChI=1S/5C8H16O2.Al.Ni/c5*1-2-3-4-5-6-7-8(9)10;;/h5*2-7H2,1H3,(H,9,10);;/q;;;;;+3;+2/p-5. The largest absolute Gasteiger partial charge is 3.00 e. The van der Waals surface area contributed by atoms with E-state index in [1.807, 2.05) is 0 Å². The molecule has 0 aliphatic rings. The molecule has 0 rings (SSSR count). The molecule has 0 saturated carbocycles. The Morgan fingerprint density at radius 2 is 0.385 bits per heavy atom. The Morgan fingerprint density at radius 3 is 0.481 bits per heavy atom. The van der Waals surface area contributed by atoms with Crippen LogP contribution < -0.4 is 25.5 Å². The number of hydrogen-bond acceptors (Lipinski definition) is 10. The normalized spacial score (nSPS) is 9.33. The van der Waals surface area contributed by atoms with Crippen LogP contribution in [0.1, 0.15) is 227 Å². The Balaban J connectivity index is -0.0000000964. The van der Waals surface area contributed by atoms with Gasteiger partial charge in [0.1, 0.15) is 0 Å². The monoisotopic (exact) mass is 800 g/mol. The summed E-state index contributed by atoms with van der Waals surface area (Å²) in [6.07, 6.45) is 28.0. The van der Waals surface area contributed by atoms with Crippen molar-refractivity contribution in [1.29, 1.82) is 0 Å². The summed E-state index contributed by atoms with van der Waals surface area (Å²) in [5.74, 6) is -4.60. The molecular formula is C40H75AlNiO10. The van der Waals surface area contributed by atoms with Crippen molar-refractivity contribution in [3.63, 3.8) is 0 Å². The van der Waals surface area contributed by atoms with Gasteiger partial charge in [-0.2, -0.15) is 0 Å². The molecular weight excluding hydrogens is 726 g/mol. The minimum absolute atomic E-state index is 0. The minimum Gasteiger partial charge on any atom is -0.550 e. The molecule has 0 aromatic heterocycles.